The summed E-state index contributed by atoms with van der Waals surface area (Å²) in [6, 6.07) is 8.22. The van der Waals surface area contributed by atoms with Gasteiger partial charge in [0, 0.05) is 60.3 Å². The number of carbonyl (C=O) groups excluding carboxylic acids is 1. The van der Waals surface area contributed by atoms with E-state index >= 15 is 0 Å². The molecule has 9 nitrogen and oxygen atoms in total. The number of pyridine rings is 2. The molecule has 3 aromatic heterocycles. The fourth-order valence-corrected chi connectivity index (χ4v) is 5.75. The van der Waals surface area contributed by atoms with Crippen molar-refractivity contribution in [3.8, 4) is 17.0 Å². The highest BCUT2D eigenvalue weighted by atomic mass is 16.5. The summed E-state index contributed by atoms with van der Waals surface area (Å²) in [5.41, 5.74) is 5.10. The van der Waals surface area contributed by atoms with Crippen LogP contribution in [0.25, 0.3) is 32.8 Å². The number of aliphatic hydroxyl groups excluding tert-OH is 1. The van der Waals surface area contributed by atoms with Gasteiger partial charge in [-0.3, -0.25) is 14.9 Å². The Morgan fingerprint density at radius 2 is 2.03 bits per heavy atom. The Hall–Kier alpha value is -3.56. The molecule has 0 spiro atoms. The fraction of sp³-hybridized carbons (Fsp3) is 0.467. The van der Waals surface area contributed by atoms with E-state index < -0.39 is 0 Å². The standard InChI is InChI=1S/C30H35N5O4/c1-17-10-20(4-7-31-17)27-24-13-22-15-32-34-26(22)14-25(24)29(33-28(27)19-5-8-38-9-6-19)39-23-11-21(12-23)30(37)35(3)18(2)16-36/h4,7,10,13-15,18-19,21,23,36H,5-6,8-9,11-12,16H2,1-3H3,(H,32,34)/t18?,21-,23-. The van der Waals surface area contributed by atoms with Gasteiger partial charge in [0.05, 0.1) is 30.1 Å². The third kappa shape index (κ3) is 4.85. The van der Waals surface area contributed by atoms with Crippen molar-refractivity contribution in [1.82, 2.24) is 25.1 Å². The normalized spacial score (nSPS) is 20.6. The van der Waals surface area contributed by atoms with Gasteiger partial charge in [-0.1, -0.05) is 0 Å². The van der Waals surface area contributed by atoms with Crippen LogP contribution in [0.4, 0.5) is 0 Å². The zero-order chi connectivity index (χ0) is 27.1. The Morgan fingerprint density at radius 1 is 1.23 bits per heavy atom. The summed E-state index contributed by atoms with van der Waals surface area (Å²) in [7, 11) is 1.75. The van der Waals surface area contributed by atoms with E-state index in [4.69, 9.17) is 14.5 Å². The van der Waals surface area contributed by atoms with Gasteiger partial charge in [0.2, 0.25) is 11.8 Å². The smallest absolute Gasteiger partial charge is 0.226 e. The third-order valence-corrected chi connectivity index (χ3v) is 8.34. The number of nitrogens with one attached hydrogen (secondary N) is 1. The second-order valence-corrected chi connectivity index (χ2v) is 11.0. The first-order valence-electron chi connectivity index (χ1n) is 13.8. The molecule has 2 N–H and O–H groups in total. The second kappa shape index (κ2) is 10.5. The first kappa shape index (κ1) is 25.7. The molecule has 204 valence electrons. The molecule has 6 rings (SSSR count). The number of aromatic nitrogens is 4. The van der Waals surface area contributed by atoms with E-state index in [1.54, 1.807) is 11.9 Å². The van der Waals surface area contributed by atoms with Crippen LogP contribution in [0, 0.1) is 12.8 Å². The van der Waals surface area contributed by atoms with E-state index in [9.17, 15) is 9.90 Å². The van der Waals surface area contributed by atoms with Gasteiger partial charge in [-0.2, -0.15) is 5.10 Å². The lowest BCUT2D eigenvalue weighted by molar-refractivity contribution is -0.142. The van der Waals surface area contributed by atoms with Gasteiger partial charge in [-0.15, -0.1) is 0 Å². The molecule has 1 aliphatic carbocycles. The fourth-order valence-electron chi connectivity index (χ4n) is 5.75. The van der Waals surface area contributed by atoms with E-state index in [-0.39, 0.29) is 36.5 Å². The minimum atomic E-state index is -0.203. The van der Waals surface area contributed by atoms with Gasteiger partial charge in [0.15, 0.2) is 0 Å². The Balaban J connectivity index is 1.42. The molecule has 1 saturated carbocycles. The van der Waals surface area contributed by atoms with Crippen molar-refractivity contribution in [1.29, 1.82) is 0 Å². The number of aliphatic hydroxyl groups is 1. The molecule has 1 unspecified atom stereocenters. The van der Waals surface area contributed by atoms with E-state index in [2.05, 4.69) is 39.4 Å². The largest absolute Gasteiger partial charge is 0.474 e. The molecule has 39 heavy (non-hydrogen) atoms. The number of aryl methyl sites for hydroxylation is 1. The van der Waals surface area contributed by atoms with Crippen LogP contribution in [0.5, 0.6) is 5.88 Å². The van der Waals surface area contributed by atoms with Crippen LogP contribution in [0.3, 0.4) is 0 Å². The monoisotopic (exact) mass is 529 g/mol. The highest BCUT2D eigenvalue weighted by molar-refractivity contribution is 6.06. The average Bonchev–Trinajstić information content (AvgIpc) is 3.40. The number of aromatic amines is 1. The van der Waals surface area contributed by atoms with E-state index in [0.717, 1.165) is 57.0 Å². The molecular formula is C30H35N5O4. The predicted octanol–water partition coefficient (Wildman–Crippen LogP) is 4.37. The van der Waals surface area contributed by atoms with Crippen LogP contribution >= 0.6 is 0 Å². The number of hydrogen-bond acceptors (Lipinski definition) is 7. The quantitative estimate of drug-likeness (QED) is 0.365. The summed E-state index contributed by atoms with van der Waals surface area (Å²) in [5.74, 6) is 0.803. The summed E-state index contributed by atoms with van der Waals surface area (Å²) in [6.07, 6.45) is 6.67. The summed E-state index contributed by atoms with van der Waals surface area (Å²) in [4.78, 5) is 24.2. The number of rotatable bonds is 7. The van der Waals surface area contributed by atoms with Crippen molar-refractivity contribution in [3.05, 3.63) is 48.0 Å². The van der Waals surface area contributed by atoms with Crippen LogP contribution < -0.4 is 4.74 Å². The lowest BCUT2D eigenvalue weighted by atomic mass is 9.81. The Kier molecular flexibility index (Phi) is 6.95. The van der Waals surface area contributed by atoms with Crippen LogP contribution in [-0.2, 0) is 9.53 Å². The molecule has 2 fully saturated rings. The molecule has 1 saturated heterocycles. The van der Waals surface area contributed by atoms with Gasteiger partial charge < -0.3 is 19.5 Å². The topological polar surface area (TPSA) is 113 Å². The number of H-pyrrole nitrogens is 1. The molecule has 4 heterocycles. The van der Waals surface area contributed by atoms with Crippen molar-refractivity contribution in [2.45, 2.75) is 57.6 Å². The van der Waals surface area contributed by atoms with Crippen molar-refractivity contribution < 1.29 is 19.4 Å². The zero-order valence-corrected chi connectivity index (χ0v) is 22.7. The lowest BCUT2D eigenvalue weighted by Crippen LogP contribution is -2.47. The Morgan fingerprint density at radius 3 is 2.77 bits per heavy atom. The van der Waals surface area contributed by atoms with Crippen molar-refractivity contribution >= 4 is 27.6 Å². The second-order valence-electron chi connectivity index (χ2n) is 11.0. The first-order chi connectivity index (χ1) is 18.9. The molecule has 0 bridgehead atoms. The first-order valence-corrected chi connectivity index (χ1v) is 13.8. The average molecular weight is 530 g/mol. The van der Waals surface area contributed by atoms with Crippen molar-refractivity contribution in [2.24, 2.45) is 5.92 Å². The number of ether oxygens (including phenoxy) is 2. The van der Waals surface area contributed by atoms with Crippen LogP contribution in [0.1, 0.15) is 49.9 Å². The minimum absolute atomic E-state index is 0.0504. The van der Waals surface area contributed by atoms with Crippen molar-refractivity contribution in [2.75, 3.05) is 26.9 Å². The SMILES string of the molecule is Cc1cc(-c2c(C3CCOCC3)nc(O[C@H]3C[C@H](C(=O)N(C)C(C)CO)C3)c3cc4[nH]ncc4cc23)ccn1. The number of likely N-dealkylation sites (N-methyl/N-ethyl adjacent to an activating group) is 1. The van der Waals surface area contributed by atoms with Gasteiger partial charge in [0.25, 0.3) is 0 Å². The molecule has 1 amide bonds. The molecule has 1 aromatic carbocycles. The summed E-state index contributed by atoms with van der Waals surface area (Å²) in [5, 5.41) is 19.8. The number of carbonyl (C=O) groups is 1. The Labute approximate surface area is 227 Å². The zero-order valence-electron chi connectivity index (χ0n) is 22.7. The molecular weight excluding hydrogens is 494 g/mol. The van der Waals surface area contributed by atoms with E-state index in [1.165, 1.54) is 0 Å². The minimum Gasteiger partial charge on any atom is -0.474 e. The summed E-state index contributed by atoms with van der Waals surface area (Å²) < 4.78 is 12.3. The lowest BCUT2D eigenvalue weighted by Gasteiger charge is -2.38. The van der Waals surface area contributed by atoms with E-state index in [1.807, 2.05) is 26.2 Å². The maximum Gasteiger partial charge on any atom is 0.226 e. The molecule has 2 aliphatic rings. The molecule has 9 heteroatoms. The third-order valence-electron chi connectivity index (χ3n) is 8.34. The number of amides is 1. The highest BCUT2D eigenvalue weighted by Crippen LogP contribution is 2.44. The molecule has 0 radical (unpaired) electrons. The van der Waals surface area contributed by atoms with Gasteiger partial charge in [-0.25, -0.2) is 4.98 Å². The van der Waals surface area contributed by atoms with Crippen LogP contribution in [0.15, 0.2) is 36.7 Å². The van der Waals surface area contributed by atoms with Gasteiger partial charge in [-0.05, 0) is 74.7 Å². The molecule has 4 aromatic rings. The van der Waals surface area contributed by atoms with Crippen LogP contribution in [-0.4, -0.2) is 75.1 Å². The Bertz CT molecular complexity index is 1510. The number of nitrogens with zero attached hydrogens (tertiary/aromatic N) is 4. The molecule has 1 aliphatic heterocycles. The van der Waals surface area contributed by atoms with E-state index in [0.29, 0.717) is 31.9 Å². The highest BCUT2D eigenvalue weighted by Gasteiger charge is 2.39. The number of hydrogen-bond donors (Lipinski definition) is 2. The number of benzene rings is 1. The summed E-state index contributed by atoms with van der Waals surface area (Å²) in [6.45, 7) is 5.22. The maximum absolute atomic E-state index is 12.9. The summed E-state index contributed by atoms with van der Waals surface area (Å²) >= 11 is 0. The van der Waals surface area contributed by atoms with Gasteiger partial charge >= 0.3 is 0 Å². The number of fused-ring (bicyclic) bond motifs is 2. The predicted molar refractivity (Wildman–Crippen MR) is 149 cm³/mol. The molecule has 1 atom stereocenters. The van der Waals surface area contributed by atoms with Gasteiger partial charge in [0.1, 0.15) is 6.10 Å². The van der Waals surface area contributed by atoms with Crippen molar-refractivity contribution in [3.63, 3.8) is 0 Å². The maximum atomic E-state index is 12.9. The van der Waals surface area contributed by atoms with Crippen LogP contribution in [0.2, 0.25) is 0 Å².